The molecule has 1 saturated heterocycles. The molecule has 1 N–H and O–H groups in total. The second kappa shape index (κ2) is 10.8. The van der Waals surface area contributed by atoms with Crippen LogP contribution in [-0.4, -0.2) is 72.3 Å². The van der Waals surface area contributed by atoms with Gasteiger partial charge in [0.2, 0.25) is 11.8 Å². The monoisotopic (exact) mass is 445 g/mol. The smallest absolute Gasteiger partial charge is 0.253 e. The Balaban J connectivity index is 1.38. The van der Waals surface area contributed by atoms with Crippen molar-refractivity contribution in [3.8, 4) is 5.75 Å². The van der Waals surface area contributed by atoms with Gasteiger partial charge in [-0.25, -0.2) is 4.39 Å². The zero-order valence-corrected chi connectivity index (χ0v) is 18.0. The van der Waals surface area contributed by atoms with Gasteiger partial charge in [0.1, 0.15) is 11.6 Å². The molecule has 3 amide bonds. The minimum Gasteiger partial charge on any atom is -0.497 e. The number of carbonyl (C=O) groups excluding carboxylic acids is 3. The highest BCUT2D eigenvalue weighted by atomic mass is 32.2. The predicted molar refractivity (Wildman–Crippen MR) is 118 cm³/mol. The van der Waals surface area contributed by atoms with Crippen LogP contribution in [0, 0.1) is 5.82 Å². The Bertz CT molecular complexity index is 913. The van der Waals surface area contributed by atoms with Crippen LogP contribution in [0.1, 0.15) is 10.4 Å². The molecular weight excluding hydrogens is 421 g/mol. The molecule has 0 radical (unpaired) electrons. The summed E-state index contributed by atoms with van der Waals surface area (Å²) in [6.07, 6.45) is 0. The Morgan fingerprint density at radius 2 is 1.55 bits per heavy atom. The van der Waals surface area contributed by atoms with Crippen molar-refractivity contribution in [1.29, 1.82) is 0 Å². The summed E-state index contributed by atoms with van der Waals surface area (Å²) in [5.74, 6) is 0.249. The maximum Gasteiger partial charge on any atom is 0.253 e. The van der Waals surface area contributed by atoms with Gasteiger partial charge < -0.3 is 19.9 Å². The van der Waals surface area contributed by atoms with Gasteiger partial charge in [0, 0.05) is 37.4 Å². The number of carbonyl (C=O) groups is 3. The molecule has 0 atom stereocenters. The Morgan fingerprint density at radius 3 is 2.16 bits per heavy atom. The summed E-state index contributed by atoms with van der Waals surface area (Å²) < 4.78 is 18.0. The molecule has 2 aromatic carbocycles. The highest BCUT2D eigenvalue weighted by Crippen LogP contribution is 2.15. The van der Waals surface area contributed by atoms with Crippen molar-refractivity contribution < 1.29 is 23.5 Å². The molecule has 0 aromatic heterocycles. The average molecular weight is 446 g/mol. The quantitative estimate of drug-likeness (QED) is 0.709. The van der Waals surface area contributed by atoms with Crippen LogP contribution in [0.3, 0.4) is 0 Å². The van der Waals surface area contributed by atoms with E-state index in [9.17, 15) is 18.8 Å². The lowest BCUT2D eigenvalue weighted by Gasteiger charge is -2.34. The molecule has 0 saturated carbocycles. The lowest BCUT2D eigenvalue weighted by atomic mass is 10.1. The number of anilines is 1. The van der Waals surface area contributed by atoms with E-state index in [-0.39, 0.29) is 35.0 Å². The van der Waals surface area contributed by atoms with E-state index in [1.807, 2.05) is 0 Å². The number of hydrogen-bond donors (Lipinski definition) is 1. The number of thioether (sulfide) groups is 1. The summed E-state index contributed by atoms with van der Waals surface area (Å²) >= 11 is 1.22. The van der Waals surface area contributed by atoms with Gasteiger partial charge in [-0.1, -0.05) is 0 Å². The normalized spacial score (nSPS) is 13.6. The number of nitrogens with one attached hydrogen (secondary N) is 1. The van der Waals surface area contributed by atoms with E-state index >= 15 is 0 Å². The number of methoxy groups -OCH3 is 1. The Morgan fingerprint density at radius 1 is 0.935 bits per heavy atom. The van der Waals surface area contributed by atoms with E-state index in [0.717, 1.165) is 0 Å². The van der Waals surface area contributed by atoms with Gasteiger partial charge in [0.15, 0.2) is 0 Å². The second-order valence-electron chi connectivity index (χ2n) is 6.95. The lowest BCUT2D eigenvalue weighted by Crippen LogP contribution is -2.51. The minimum atomic E-state index is -0.372. The van der Waals surface area contributed by atoms with Crippen molar-refractivity contribution in [2.75, 3.05) is 50.1 Å². The first-order chi connectivity index (χ1) is 15.0. The van der Waals surface area contributed by atoms with Crippen LogP contribution in [0.25, 0.3) is 0 Å². The zero-order chi connectivity index (χ0) is 22.2. The fourth-order valence-electron chi connectivity index (χ4n) is 3.13. The summed E-state index contributed by atoms with van der Waals surface area (Å²) in [6.45, 7) is 1.85. The van der Waals surface area contributed by atoms with Gasteiger partial charge in [-0.3, -0.25) is 14.4 Å². The first kappa shape index (κ1) is 22.6. The summed E-state index contributed by atoms with van der Waals surface area (Å²) in [5, 5.41) is 2.66. The topological polar surface area (TPSA) is 79.0 Å². The SMILES string of the molecule is COc1ccc(C(=O)N2CCN(C(=O)CSCC(=O)Nc3ccc(F)cc3)CC2)cc1. The van der Waals surface area contributed by atoms with Crippen molar-refractivity contribution in [3.05, 3.63) is 59.9 Å². The van der Waals surface area contributed by atoms with Gasteiger partial charge >= 0.3 is 0 Å². The van der Waals surface area contributed by atoms with Crippen LogP contribution in [0.2, 0.25) is 0 Å². The van der Waals surface area contributed by atoms with E-state index < -0.39 is 0 Å². The van der Waals surface area contributed by atoms with Crippen molar-refractivity contribution in [3.63, 3.8) is 0 Å². The third-order valence-corrected chi connectivity index (χ3v) is 5.76. The lowest BCUT2D eigenvalue weighted by molar-refractivity contribution is -0.129. The molecule has 0 aliphatic carbocycles. The molecule has 9 heteroatoms. The summed E-state index contributed by atoms with van der Waals surface area (Å²) in [7, 11) is 1.57. The highest BCUT2D eigenvalue weighted by Gasteiger charge is 2.24. The molecule has 0 bridgehead atoms. The van der Waals surface area contributed by atoms with E-state index in [0.29, 0.717) is 43.2 Å². The van der Waals surface area contributed by atoms with Gasteiger partial charge in [0.05, 0.1) is 18.6 Å². The van der Waals surface area contributed by atoms with Gasteiger partial charge in [-0.05, 0) is 48.5 Å². The number of nitrogens with zero attached hydrogens (tertiary/aromatic N) is 2. The van der Waals surface area contributed by atoms with E-state index in [4.69, 9.17) is 4.74 Å². The van der Waals surface area contributed by atoms with Crippen molar-refractivity contribution in [2.45, 2.75) is 0 Å². The standard InChI is InChI=1S/C22H24FN3O4S/c1-30-19-8-2-16(3-9-19)22(29)26-12-10-25(11-13-26)21(28)15-31-14-20(27)24-18-6-4-17(23)5-7-18/h2-9H,10-15H2,1H3,(H,24,27). The van der Waals surface area contributed by atoms with E-state index in [1.54, 1.807) is 41.2 Å². The fraction of sp³-hybridized carbons (Fsp3) is 0.318. The molecular formula is C22H24FN3O4S. The minimum absolute atomic E-state index is 0.0591. The van der Waals surface area contributed by atoms with Gasteiger partial charge in [-0.15, -0.1) is 11.8 Å². The Hall–Kier alpha value is -3.07. The van der Waals surface area contributed by atoms with Crippen LogP contribution in [0.4, 0.5) is 10.1 Å². The first-order valence-electron chi connectivity index (χ1n) is 9.80. The van der Waals surface area contributed by atoms with Crippen molar-refractivity contribution in [2.24, 2.45) is 0 Å². The molecule has 0 spiro atoms. The number of halogens is 1. The molecule has 3 rings (SSSR count). The third-order valence-electron chi connectivity index (χ3n) is 4.84. The first-order valence-corrected chi connectivity index (χ1v) is 11.0. The van der Waals surface area contributed by atoms with Gasteiger partial charge in [-0.2, -0.15) is 0 Å². The van der Waals surface area contributed by atoms with Crippen LogP contribution >= 0.6 is 11.8 Å². The highest BCUT2D eigenvalue weighted by molar-refractivity contribution is 8.00. The summed E-state index contributed by atoms with van der Waals surface area (Å²) in [6, 6.07) is 12.5. The summed E-state index contributed by atoms with van der Waals surface area (Å²) in [4.78, 5) is 40.4. The molecule has 1 aliphatic rings. The van der Waals surface area contributed by atoms with E-state index in [2.05, 4.69) is 5.32 Å². The number of hydrogen-bond acceptors (Lipinski definition) is 5. The third kappa shape index (κ3) is 6.45. The van der Waals surface area contributed by atoms with Crippen molar-refractivity contribution >= 4 is 35.2 Å². The number of ether oxygens (including phenoxy) is 1. The second-order valence-corrected chi connectivity index (χ2v) is 7.93. The summed E-state index contributed by atoms with van der Waals surface area (Å²) in [5.41, 5.74) is 1.10. The van der Waals surface area contributed by atoms with Crippen LogP contribution in [0.5, 0.6) is 5.75 Å². The predicted octanol–water partition coefficient (Wildman–Crippen LogP) is 2.49. The Kier molecular flexibility index (Phi) is 7.88. The van der Waals surface area contributed by atoms with Crippen LogP contribution < -0.4 is 10.1 Å². The van der Waals surface area contributed by atoms with Gasteiger partial charge in [0.25, 0.3) is 5.91 Å². The van der Waals surface area contributed by atoms with E-state index in [1.165, 1.54) is 36.0 Å². The fourth-order valence-corrected chi connectivity index (χ4v) is 3.84. The molecule has 1 heterocycles. The zero-order valence-electron chi connectivity index (χ0n) is 17.2. The number of benzene rings is 2. The molecule has 7 nitrogen and oxygen atoms in total. The van der Waals surface area contributed by atoms with Crippen molar-refractivity contribution in [1.82, 2.24) is 9.80 Å². The molecule has 1 fully saturated rings. The maximum absolute atomic E-state index is 12.9. The Labute approximate surface area is 184 Å². The molecule has 2 aromatic rings. The molecule has 31 heavy (non-hydrogen) atoms. The van der Waals surface area contributed by atoms with Crippen LogP contribution in [-0.2, 0) is 9.59 Å². The number of piperazine rings is 1. The number of rotatable bonds is 7. The average Bonchev–Trinajstić information content (AvgIpc) is 2.80. The number of amides is 3. The molecule has 164 valence electrons. The maximum atomic E-state index is 12.9. The van der Waals surface area contributed by atoms with Crippen LogP contribution in [0.15, 0.2) is 48.5 Å². The molecule has 1 aliphatic heterocycles. The largest absolute Gasteiger partial charge is 0.497 e. The molecule has 0 unspecified atom stereocenters.